The van der Waals surface area contributed by atoms with Crippen molar-refractivity contribution in [2.24, 2.45) is 0 Å². The van der Waals surface area contributed by atoms with Gasteiger partial charge >= 0.3 is 0 Å². The fourth-order valence-electron chi connectivity index (χ4n) is 1.45. The molecule has 1 nitrogen and oxygen atoms in total. The van der Waals surface area contributed by atoms with Crippen molar-refractivity contribution in [1.82, 2.24) is 0 Å². The van der Waals surface area contributed by atoms with Gasteiger partial charge in [-0.2, -0.15) is 0 Å². The molecule has 0 N–H and O–H groups in total. The normalized spacial score (nSPS) is 12.9. The Labute approximate surface area is 91.9 Å². The molecule has 84 valence electrons. The lowest BCUT2D eigenvalue weighted by Gasteiger charge is -2.25. The maximum Gasteiger partial charge on any atom is 0.109 e. The summed E-state index contributed by atoms with van der Waals surface area (Å²) < 4.78 is 12.5. The highest BCUT2D eigenvalue weighted by Gasteiger charge is 2.09. The molecule has 0 radical (unpaired) electrons. The minimum absolute atomic E-state index is 0.0603. The van der Waals surface area contributed by atoms with E-state index in [-0.39, 0.29) is 12.7 Å². The molecular formula is C13H20FN. The van der Waals surface area contributed by atoms with Crippen LogP contribution >= 0.6 is 0 Å². The second-order valence-electron chi connectivity index (χ2n) is 4.36. The molecule has 0 saturated heterocycles. The molecule has 0 spiro atoms. The van der Waals surface area contributed by atoms with E-state index in [2.05, 4.69) is 38.1 Å². The number of hydrogen-bond donors (Lipinski definition) is 0. The SMILES string of the molecule is CC(C)c1ccc(N(C)C(C)CF)cc1. The van der Waals surface area contributed by atoms with E-state index in [9.17, 15) is 4.39 Å². The van der Waals surface area contributed by atoms with Gasteiger partial charge in [-0.3, -0.25) is 0 Å². The smallest absolute Gasteiger partial charge is 0.109 e. The van der Waals surface area contributed by atoms with Gasteiger partial charge in [-0.25, -0.2) is 4.39 Å². The average Bonchev–Trinajstić information content (AvgIpc) is 2.27. The number of rotatable bonds is 4. The van der Waals surface area contributed by atoms with Crippen molar-refractivity contribution >= 4 is 5.69 Å². The number of hydrogen-bond acceptors (Lipinski definition) is 1. The fraction of sp³-hybridized carbons (Fsp3) is 0.538. The Kier molecular flexibility index (Phi) is 4.13. The summed E-state index contributed by atoms with van der Waals surface area (Å²) in [4.78, 5) is 1.96. The van der Waals surface area contributed by atoms with Crippen molar-refractivity contribution < 1.29 is 4.39 Å². The molecule has 1 unspecified atom stereocenters. The van der Waals surface area contributed by atoms with Crippen LogP contribution in [0.5, 0.6) is 0 Å². The third-order valence-electron chi connectivity index (χ3n) is 2.85. The van der Waals surface area contributed by atoms with Crippen LogP contribution < -0.4 is 4.90 Å². The number of alkyl halides is 1. The van der Waals surface area contributed by atoms with Gasteiger partial charge in [0.2, 0.25) is 0 Å². The topological polar surface area (TPSA) is 3.24 Å². The zero-order valence-corrected chi connectivity index (χ0v) is 10.00. The Bertz CT molecular complexity index is 292. The Hall–Kier alpha value is -1.05. The van der Waals surface area contributed by atoms with E-state index >= 15 is 0 Å². The van der Waals surface area contributed by atoms with Crippen LogP contribution in [-0.2, 0) is 0 Å². The third kappa shape index (κ3) is 2.95. The second kappa shape index (κ2) is 5.15. The molecule has 0 aliphatic carbocycles. The van der Waals surface area contributed by atoms with E-state index in [0.29, 0.717) is 5.92 Å². The summed E-state index contributed by atoms with van der Waals surface area (Å²) in [6.07, 6.45) is 0. The van der Waals surface area contributed by atoms with Crippen LogP contribution in [0.4, 0.5) is 10.1 Å². The molecule has 0 aromatic heterocycles. The largest absolute Gasteiger partial charge is 0.369 e. The minimum Gasteiger partial charge on any atom is -0.369 e. The van der Waals surface area contributed by atoms with Gasteiger partial charge in [0.15, 0.2) is 0 Å². The Morgan fingerprint density at radius 1 is 1.13 bits per heavy atom. The van der Waals surface area contributed by atoms with Crippen LogP contribution in [0.1, 0.15) is 32.3 Å². The van der Waals surface area contributed by atoms with Crippen molar-refractivity contribution in [3.63, 3.8) is 0 Å². The lowest BCUT2D eigenvalue weighted by atomic mass is 10.0. The highest BCUT2D eigenvalue weighted by Crippen LogP contribution is 2.20. The molecule has 1 aromatic carbocycles. The minimum atomic E-state index is -0.317. The zero-order valence-electron chi connectivity index (χ0n) is 10.00. The van der Waals surface area contributed by atoms with Gasteiger partial charge < -0.3 is 4.90 Å². The van der Waals surface area contributed by atoms with Gasteiger partial charge in [0.05, 0.1) is 6.04 Å². The molecule has 2 heteroatoms. The summed E-state index contributed by atoms with van der Waals surface area (Å²) >= 11 is 0. The first kappa shape index (κ1) is 12.0. The van der Waals surface area contributed by atoms with E-state index in [1.807, 2.05) is 18.9 Å². The van der Waals surface area contributed by atoms with Crippen LogP contribution in [0.2, 0.25) is 0 Å². The molecule has 0 aliphatic rings. The highest BCUT2D eigenvalue weighted by molar-refractivity contribution is 5.48. The van der Waals surface area contributed by atoms with Gasteiger partial charge in [-0.1, -0.05) is 26.0 Å². The van der Waals surface area contributed by atoms with Crippen LogP contribution in [0.25, 0.3) is 0 Å². The lowest BCUT2D eigenvalue weighted by molar-refractivity contribution is 0.435. The summed E-state index contributed by atoms with van der Waals surface area (Å²) in [7, 11) is 1.93. The van der Waals surface area contributed by atoms with Gasteiger partial charge in [-0.15, -0.1) is 0 Å². The van der Waals surface area contributed by atoms with Gasteiger partial charge in [0.25, 0.3) is 0 Å². The maximum atomic E-state index is 12.5. The lowest BCUT2D eigenvalue weighted by Crippen LogP contribution is -2.30. The standard InChI is InChI=1S/C13H20FN/c1-10(2)12-5-7-13(8-6-12)15(4)11(3)9-14/h5-8,10-11H,9H2,1-4H3. The van der Waals surface area contributed by atoms with E-state index in [0.717, 1.165) is 5.69 Å². The second-order valence-corrected chi connectivity index (χ2v) is 4.36. The molecule has 0 bridgehead atoms. The Balaban J connectivity index is 2.79. The van der Waals surface area contributed by atoms with Gasteiger partial charge in [0.1, 0.15) is 6.67 Å². The quantitative estimate of drug-likeness (QED) is 0.732. The molecule has 0 heterocycles. The molecule has 0 aliphatic heterocycles. The van der Waals surface area contributed by atoms with Crippen molar-refractivity contribution in [2.75, 3.05) is 18.6 Å². The fourth-order valence-corrected chi connectivity index (χ4v) is 1.45. The van der Waals surface area contributed by atoms with Crippen LogP contribution in [0.3, 0.4) is 0 Å². The monoisotopic (exact) mass is 209 g/mol. The summed E-state index contributed by atoms with van der Waals surface area (Å²) in [5, 5.41) is 0. The van der Waals surface area contributed by atoms with E-state index in [1.54, 1.807) is 0 Å². The van der Waals surface area contributed by atoms with Crippen LogP contribution in [0, 0.1) is 0 Å². The summed E-state index contributed by atoms with van der Waals surface area (Å²) in [6.45, 7) is 5.91. The molecular weight excluding hydrogens is 189 g/mol. The van der Waals surface area contributed by atoms with Gasteiger partial charge in [-0.05, 0) is 30.5 Å². The number of halogens is 1. The number of anilines is 1. The molecule has 0 saturated carbocycles. The number of benzene rings is 1. The van der Waals surface area contributed by atoms with Crippen molar-refractivity contribution in [2.45, 2.75) is 32.7 Å². The van der Waals surface area contributed by atoms with E-state index < -0.39 is 0 Å². The first-order valence-electron chi connectivity index (χ1n) is 5.45. The van der Waals surface area contributed by atoms with E-state index in [1.165, 1.54) is 5.56 Å². The van der Waals surface area contributed by atoms with Crippen molar-refractivity contribution in [1.29, 1.82) is 0 Å². The maximum absolute atomic E-state index is 12.5. The number of nitrogens with zero attached hydrogens (tertiary/aromatic N) is 1. The molecule has 0 fully saturated rings. The third-order valence-corrected chi connectivity index (χ3v) is 2.85. The van der Waals surface area contributed by atoms with E-state index in [4.69, 9.17) is 0 Å². The Morgan fingerprint density at radius 3 is 2.07 bits per heavy atom. The molecule has 0 amide bonds. The predicted octanol–water partition coefficient (Wildman–Crippen LogP) is 3.60. The molecule has 1 rings (SSSR count). The first-order valence-corrected chi connectivity index (χ1v) is 5.45. The Morgan fingerprint density at radius 2 is 1.67 bits per heavy atom. The van der Waals surface area contributed by atoms with Crippen LogP contribution in [-0.4, -0.2) is 19.8 Å². The van der Waals surface area contributed by atoms with Crippen molar-refractivity contribution in [3.8, 4) is 0 Å². The predicted molar refractivity (Wildman–Crippen MR) is 64.4 cm³/mol. The molecule has 1 atom stereocenters. The zero-order chi connectivity index (χ0) is 11.4. The average molecular weight is 209 g/mol. The summed E-state index contributed by atoms with van der Waals surface area (Å²) in [6, 6.07) is 8.28. The molecule has 15 heavy (non-hydrogen) atoms. The van der Waals surface area contributed by atoms with Gasteiger partial charge in [0, 0.05) is 12.7 Å². The molecule has 1 aromatic rings. The summed E-state index contributed by atoms with van der Waals surface area (Å²) in [5.74, 6) is 0.544. The summed E-state index contributed by atoms with van der Waals surface area (Å²) in [5.41, 5.74) is 2.39. The van der Waals surface area contributed by atoms with Crippen LogP contribution in [0.15, 0.2) is 24.3 Å². The highest BCUT2D eigenvalue weighted by atomic mass is 19.1. The first-order chi connectivity index (χ1) is 7.06. The van der Waals surface area contributed by atoms with Crippen molar-refractivity contribution in [3.05, 3.63) is 29.8 Å².